The number of hydrogen-bond acceptors (Lipinski definition) is 4. The van der Waals surface area contributed by atoms with Crippen LogP contribution in [0.15, 0.2) is 42.5 Å². The van der Waals surface area contributed by atoms with E-state index in [-0.39, 0.29) is 5.41 Å². The van der Waals surface area contributed by atoms with Crippen LogP contribution in [0.1, 0.15) is 26.3 Å². The summed E-state index contributed by atoms with van der Waals surface area (Å²) in [5, 5.41) is 0. The highest BCUT2D eigenvalue weighted by molar-refractivity contribution is 5.65. The van der Waals surface area contributed by atoms with Crippen molar-refractivity contribution in [1.29, 1.82) is 0 Å². The van der Waals surface area contributed by atoms with Crippen molar-refractivity contribution in [3.8, 4) is 11.5 Å². The Morgan fingerprint density at radius 1 is 1.12 bits per heavy atom. The number of rotatable bonds is 4. The summed E-state index contributed by atoms with van der Waals surface area (Å²) in [7, 11) is 0. The lowest BCUT2D eigenvalue weighted by atomic mass is 9.87. The van der Waals surface area contributed by atoms with Crippen LogP contribution in [-0.2, 0) is 5.41 Å². The Balaban J connectivity index is 1.58. The summed E-state index contributed by atoms with van der Waals surface area (Å²) in [6.07, 6.45) is 0. The molecule has 0 amide bonds. The first-order valence-electron chi connectivity index (χ1n) is 8.44. The average molecular weight is 326 g/mol. The second kappa shape index (κ2) is 6.63. The van der Waals surface area contributed by atoms with Gasteiger partial charge in [-0.2, -0.15) is 0 Å². The predicted octanol–water partition coefficient (Wildman–Crippen LogP) is 3.84. The molecule has 128 valence electrons. The highest BCUT2D eigenvalue weighted by atomic mass is 16.5. The minimum Gasteiger partial charge on any atom is -0.492 e. The fourth-order valence-electron chi connectivity index (χ4n) is 2.85. The van der Waals surface area contributed by atoms with E-state index in [1.54, 1.807) is 0 Å². The molecule has 2 N–H and O–H groups in total. The lowest BCUT2D eigenvalue weighted by Crippen LogP contribution is -2.35. The van der Waals surface area contributed by atoms with Crippen LogP contribution >= 0.6 is 0 Å². The standard InChI is InChI=1S/C20H26N2O2/c1-20(2,3)15-4-7-17(8-5-15)23-12-10-22-11-13-24-19-14-16(21)6-9-18(19)22/h4-9,14H,10-13,21H2,1-3H3. The molecule has 2 aromatic rings. The Morgan fingerprint density at radius 2 is 1.88 bits per heavy atom. The van der Waals surface area contributed by atoms with Crippen LogP contribution in [-0.4, -0.2) is 26.3 Å². The molecule has 2 aromatic carbocycles. The van der Waals surface area contributed by atoms with Crippen molar-refractivity contribution >= 4 is 11.4 Å². The van der Waals surface area contributed by atoms with Gasteiger partial charge in [0, 0.05) is 11.8 Å². The summed E-state index contributed by atoms with van der Waals surface area (Å²) >= 11 is 0. The van der Waals surface area contributed by atoms with Crippen molar-refractivity contribution in [3.63, 3.8) is 0 Å². The molecule has 3 rings (SSSR count). The maximum absolute atomic E-state index is 5.91. The summed E-state index contributed by atoms with van der Waals surface area (Å²) < 4.78 is 11.6. The molecule has 0 unspecified atom stereocenters. The molecule has 4 heteroatoms. The Morgan fingerprint density at radius 3 is 2.58 bits per heavy atom. The van der Waals surface area contributed by atoms with Gasteiger partial charge in [-0.05, 0) is 35.2 Å². The van der Waals surface area contributed by atoms with Gasteiger partial charge in [0.25, 0.3) is 0 Å². The van der Waals surface area contributed by atoms with Gasteiger partial charge >= 0.3 is 0 Å². The van der Waals surface area contributed by atoms with Crippen LogP contribution in [0, 0.1) is 0 Å². The first kappa shape index (κ1) is 16.5. The van der Waals surface area contributed by atoms with Gasteiger partial charge in [0.1, 0.15) is 24.7 Å². The molecule has 1 heterocycles. The van der Waals surface area contributed by atoms with Gasteiger partial charge in [-0.25, -0.2) is 0 Å². The first-order chi connectivity index (χ1) is 11.4. The monoisotopic (exact) mass is 326 g/mol. The molecule has 0 fully saturated rings. The molecule has 0 aromatic heterocycles. The number of ether oxygens (including phenoxy) is 2. The first-order valence-corrected chi connectivity index (χ1v) is 8.44. The van der Waals surface area contributed by atoms with E-state index in [9.17, 15) is 0 Å². The summed E-state index contributed by atoms with van der Waals surface area (Å²) in [6.45, 7) is 9.64. The molecular weight excluding hydrogens is 300 g/mol. The van der Waals surface area contributed by atoms with Crippen LogP contribution in [0.4, 0.5) is 11.4 Å². The number of fused-ring (bicyclic) bond motifs is 1. The van der Waals surface area contributed by atoms with E-state index in [1.165, 1.54) is 5.56 Å². The molecule has 0 atom stereocenters. The Kier molecular flexibility index (Phi) is 4.56. The molecule has 0 radical (unpaired) electrons. The molecule has 4 nitrogen and oxygen atoms in total. The zero-order chi connectivity index (χ0) is 17.2. The fourth-order valence-corrected chi connectivity index (χ4v) is 2.85. The molecule has 0 saturated carbocycles. The van der Waals surface area contributed by atoms with Crippen LogP contribution < -0.4 is 20.1 Å². The van der Waals surface area contributed by atoms with Crippen molar-refractivity contribution in [3.05, 3.63) is 48.0 Å². The van der Waals surface area contributed by atoms with E-state index in [1.807, 2.05) is 18.2 Å². The third-order valence-electron chi connectivity index (χ3n) is 4.29. The molecule has 0 saturated heterocycles. The van der Waals surface area contributed by atoms with Gasteiger partial charge in [-0.3, -0.25) is 0 Å². The summed E-state index contributed by atoms with van der Waals surface area (Å²) in [5.41, 5.74) is 9.11. The highest BCUT2D eigenvalue weighted by Crippen LogP contribution is 2.33. The Labute approximate surface area is 144 Å². The van der Waals surface area contributed by atoms with Gasteiger partial charge in [0.2, 0.25) is 0 Å². The van der Waals surface area contributed by atoms with Crippen molar-refractivity contribution in [2.24, 2.45) is 0 Å². The number of hydrogen-bond donors (Lipinski definition) is 1. The number of anilines is 2. The van der Waals surface area contributed by atoms with Crippen LogP contribution in [0.5, 0.6) is 11.5 Å². The van der Waals surface area contributed by atoms with Gasteiger partial charge in [0.05, 0.1) is 18.8 Å². The highest BCUT2D eigenvalue weighted by Gasteiger charge is 2.18. The average Bonchev–Trinajstić information content (AvgIpc) is 2.54. The maximum Gasteiger partial charge on any atom is 0.144 e. The van der Waals surface area contributed by atoms with E-state index >= 15 is 0 Å². The molecule has 0 bridgehead atoms. The van der Waals surface area contributed by atoms with E-state index in [2.05, 4.69) is 49.9 Å². The lowest BCUT2D eigenvalue weighted by molar-refractivity contribution is 0.288. The summed E-state index contributed by atoms with van der Waals surface area (Å²) in [6, 6.07) is 14.2. The van der Waals surface area contributed by atoms with Crippen LogP contribution in [0.3, 0.4) is 0 Å². The van der Waals surface area contributed by atoms with E-state index in [0.717, 1.165) is 36.0 Å². The minimum absolute atomic E-state index is 0.165. The second-order valence-corrected chi connectivity index (χ2v) is 7.19. The zero-order valence-corrected chi connectivity index (χ0v) is 14.7. The molecule has 0 aliphatic carbocycles. The third kappa shape index (κ3) is 3.75. The number of nitrogens with zero attached hydrogens (tertiary/aromatic N) is 1. The number of nitrogen functional groups attached to an aromatic ring is 1. The molecule has 1 aliphatic heterocycles. The predicted molar refractivity (Wildman–Crippen MR) is 99.2 cm³/mol. The van der Waals surface area contributed by atoms with Gasteiger partial charge in [-0.1, -0.05) is 32.9 Å². The van der Waals surface area contributed by atoms with E-state index in [0.29, 0.717) is 13.2 Å². The normalized spacial score (nSPS) is 14.0. The minimum atomic E-state index is 0.165. The van der Waals surface area contributed by atoms with Crippen LogP contribution in [0.2, 0.25) is 0 Å². The van der Waals surface area contributed by atoms with Crippen molar-refractivity contribution in [1.82, 2.24) is 0 Å². The largest absolute Gasteiger partial charge is 0.492 e. The van der Waals surface area contributed by atoms with Crippen LogP contribution in [0.25, 0.3) is 0 Å². The third-order valence-corrected chi connectivity index (χ3v) is 4.29. The number of nitrogens with two attached hydrogens (primary N) is 1. The summed E-state index contributed by atoms with van der Waals surface area (Å²) in [4.78, 5) is 2.28. The van der Waals surface area contributed by atoms with E-state index < -0.39 is 0 Å². The summed E-state index contributed by atoms with van der Waals surface area (Å²) in [5.74, 6) is 1.77. The second-order valence-electron chi connectivity index (χ2n) is 7.19. The fraction of sp³-hybridized carbons (Fsp3) is 0.400. The molecule has 0 spiro atoms. The van der Waals surface area contributed by atoms with E-state index in [4.69, 9.17) is 15.2 Å². The van der Waals surface area contributed by atoms with Gasteiger partial charge in [0.15, 0.2) is 0 Å². The van der Waals surface area contributed by atoms with Crippen molar-refractivity contribution in [2.75, 3.05) is 36.9 Å². The van der Waals surface area contributed by atoms with Crippen molar-refractivity contribution in [2.45, 2.75) is 26.2 Å². The number of benzene rings is 2. The maximum atomic E-state index is 5.91. The molecule has 24 heavy (non-hydrogen) atoms. The van der Waals surface area contributed by atoms with Crippen molar-refractivity contribution < 1.29 is 9.47 Å². The molecular formula is C20H26N2O2. The lowest BCUT2D eigenvalue weighted by Gasteiger charge is -2.31. The van der Waals surface area contributed by atoms with Gasteiger partial charge < -0.3 is 20.1 Å². The quantitative estimate of drug-likeness (QED) is 0.867. The topological polar surface area (TPSA) is 47.7 Å². The smallest absolute Gasteiger partial charge is 0.144 e. The SMILES string of the molecule is CC(C)(C)c1ccc(OCCN2CCOc3cc(N)ccc32)cc1. The Hall–Kier alpha value is -2.36. The Bertz CT molecular complexity index is 690. The molecule has 1 aliphatic rings. The zero-order valence-electron chi connectivity index (χ0n) is 14.7. The van der Waals surface area contributed by atoms with Gasteiger partial charge in [-0.15, -0.1) is 0 Å².